The summed E-state index contributed by atoms with van der Waals surface area (Å²) >= 11 is 0. The van der Waals surface area contributed by atoms with Crippen LogP contribution in [0.2, 0.25) is 0 Å². The van der Waals surface area contributed by atoms with Gasteiger partial charge in [-0.3, -0.25) is 4.79 Å². The molecule has 0 saturated carbocycles. The molecule has 1 unspecified atom stereocenters. The van der Waals surface area contributed by atoms with Crippen molar-refractivity contribution < 1.29 is 18.7 Å². The zero-order valence-corrected chi connectivity index (χ0v) is 14.9. The number of methoxy groups -OCH3 is 1. The van der Waals surface area contributed by atoms with E-state index in [0.717, 1.165) is 55.5 Å². The van der Waals surface area contributed by atoms with Crippen molar-refractivity contribution in [3.05, 3.63) is 35.6 Å². The fourth-order valence-electron chi connectivity index (χ4n) is 4.24. The van der Waals surface area contributed by atoms with Crippen LogP contribution < -0.4 is 0 Å². The Morgan fingerprint density at radius 1 is 1.32 bits per heavy atom. The van der Waals surface area contributed by atoms with Crippen LogP contribution >= 0.6 is 0 Å². The van der Waals surface area contributed by atoms with Crippen molar-refractivity contribution in [2.45, 2.75) is 32.3 Å². The summed E-state index contributed by atoms with van der Waals surface area (Å²) < 4.78 is 16.9. The van der Waals surface area contributed by atoms with Gasteiger partial charge in [-0.15, -0.1) is 0 Å². The third-order valence-electron chi connectivity index (χ3n) is 5.79. The van der Waals surface area contributed by atoms with E-state index in [1.807, 2.05) is 36.1 Å². The minimum absolute atomic E-state index is 0.0101. The largest absolute Gasteiger partial charge is 0.451 e. The minimum atomic E-state index is 0.0101. The average Bonchev–Trinajstić information content (AvgIpc) is 3.17. The number of carbonyl (C=O) groups is 1. The number of rotatable bonds is 3. The van der Waals surface area contributed by atoms with Crippen molar-refractivity contribution in [3.63, 3.8) is 0 Å². The second kappa shape index (κ2) is 6.46. The second-order valence-corrected chi connectivity index (χ2v) is 7.44. The number of aryl methyl sites for hydroxylation is 1. The van der Waals surface area contributed by atoms with Crippen molar-refractivity contribution in [3.8, 4) is 0 Å². The monoisotopic (exact) mass is 343 g/mol. The Morgan fingerprint density at radius 3 is 2.80 bits per heavy atom. The van der Waals surface area contributed by atoms with E-state index >= 15 is 0 Å². The zero-order valence-electron chi connectivity index (χ0n) is 14.9. The number of piperidine rings is 1. The number of hydrogen-bond acceptors (Lipinski definition) is 4. The number of ether oxygens (including phenoxy) is 2. The van der Waals surface area contributed by atoms with E-state index in [-0.39, 0.29) is 17.4 Å². The molecule has 2 fully saturated rings. The molecule has 1 amide bonds. The SMILES string of the molecule is COCC1CC2(CCN(C(=O)c3oc4ccccc4c3C)CC2)CO1. The van der Waals surface area contributed by atoms with Gasteiger partial charge in [0.25, 0.3) is 5.91 Å². The number of hydrogen-bond donors (Lipinski definition) is 0. The molecule has 5 heteroatoms. The average molecular weight is 343 g/mol. The maximum atomic E-state index is 12.9. The van der Waals surface area contributed by atoms with E-state index in [0.29, 0.717) is 12.4 Å². The highest BCUT2D eigenvalue weighted by Gasteiger charge is 2.43. The lowest BCUT2D eigenvalue weighted by atomic mass is 9.76. The van der Waals surface area contributed by atoms with Crippen molar-refractivity contribution in [2.24, 2.45) is 5.41 Å². The first kappa shape index (κ1) is 16.6. The number of nitrogens with zero attached hydrogens (tertiary/aromatic N) is 1. The van der Waals surface area contributed by atoms with Crippen LogP contribution in [0, 0.1) is 12.3 Å². The molecule has 2 aliphatic heterocycles. The molecule has 0 radical (unpaired) electrons. The van der Waals surface area contributed by atoms with E-state index < -0.39 is 0 Å². The lowest BCUT2D eigenvalue weighted by Gasteiger charge is -2.38. The highest BCUT2D eigenvalue weighted by Crippen LogP contribution is 2.42. The molecule has 0 N–H and O–H groups in total. The number of carbonyl (C=O) groups excluding carboxylic acids is 1. The van der Waals surface area contributed by atoms with E-state index in [9.17, 15) is 4.79 Å². The number of benzene rings is 1. The summed E-state index contributed by atoms with van der Waals surface area (Å²) in [6.07, 6.45) is 3.20. The normalized spacial score (nSPS) is 22.8. The lowest BCUT2D eigenvalue weighted by Crippen LogP contribution is -2.43. The number of fused-ring (bicyclic) bond motifs is 1. The Bertz CT molecular complexity index is 773. The molecule has 2 aromatic rings. The van der Waals surface area contributed by atoms with Gasteiger partial charge in [-0.25, -0.2) is 0 Å². The van der Waals surface area contributed by atoms with Crippen LogP contribution in [0.25, 0.3) is 11.0 Å². The van der Waals surface area contributed by atoms with E-state index in [4.69, 9.17) is 13.9 Å². The van der Waals surface area contributed by atoms with Crippen LogP contribution in [-0.2, 0) is 9.47 Å². The molecule has 0 bridgehead atoms. The molecular weight excluding hydrogens is 318 g/mol. The molecule has 2 saturated heterocycles. The van der Waals surface area contributed by atoms with Crippen LogP contribution in [0.3, 0.4) is 0 Å². The summed E-state index contributed by atoms with van der Waals surface area (Å²) in [6, 6.07) is 7.82. The first-order valence-corrected chi connectivity index (χ1v) is 9.00. The van der Waals surface area contributed by atoms with Crippen LogP contribution in [0.15, 0.2) is 28.7 Å². The number of amides is 1. The zero-order chi connectivity index (χ0) is 17.4. The van der Waals surface area contributed by atoms with Crippen LogP contribution in [0.1, 0.15) is 35.4 Å². The molecule has 4 rings (SSSR count). The predicted octanol–water partition coefficient (Wildman–Crippen LogP) is 3.40. The fourth-order valence-corrected chi connectivity index (χ4v) is 4.24. The Balaban J connectivity index is 1.45. The van der Waals surface area contributed by atoms with Crippen molar-refractivity contribution in [2.75, 3.05) is 33.4 Å². The lowest BCUT2D eigenvalue weighted by molar-refractivity contribution is 0.0277. The van der Waals surface area contributed by atoms with Gasteiger partial charge >= 0.3 is 0 Å². The molecule has 1 aromatic carbocycles. The summed E-state index contributed by atoms with van der Waals surface area (Å²) in [5.41, 5.74) is 1.93. The van der Waals surface area contributed by atoms with Crippen molar-refractivity contribution in [1.29, 1.82) is 0 Å². The van der Waals surface area contributed by atoms with Gasteiger partial charge in [0.05, 0.1) is 19.3 Å². The van der Waals surface area contributed by atoms with Crippen LogP contribution in [0.5, 0.6) is 0 Å². The van der Waals surface area contributed by atoms with Crippen molar-refractivity contribution in [1.82, 2.24) is 4.90 Å². The van der Waals surface area contributed by atoms with E-state index in [2.05, 4.69) is 0 Å². The Kier molecular flexibility index (Phi) is 4.29. The van der Waals surface area contributed by atoms with Gasteiger partial charge in [0.1, 0.15) is 5.58 Å². The Hall–Kier alpha value is -1.85. The quantitative estimate of drug-likeness (QED) is 0.857. The first-order chi connectivity index (χ1) is 12.1. The molecule has 2 aliphatic rings. The van der Waals surface area contributed by atoms with Gasteiger partial charge in [0, 0.05) is 31.1 Å². The van der Waals surface area contributed by atoms with Gasteiger partial charge in [0.15, 0.2) is 5.76 Å². The van der Waals surface area contributed by atoms with Gasteiger partial charge < -0.3 is 18.8 Å². The van der Waals surface area contributed by atoms with Crippen LogP contribution in [-0.4, -0.2) is 50.3 Å². The predicted molar refractivity (Wildman–Crippen MR) is 94.8 cm³/mol. The van der Waals surface area contributed by atoms with E-state index in [1.54, 1.807) is 7.11 Å². The first-order valence-electron chi connectivity index (χ1n) is 9.00. The molecule has 134 valence electrons. The number of likely N-dealkylation sites (tertiary alicyclic amines) is 1. The fraction of sp³-hybridized carbons (Fsp3) is 0.550. The molecule has 3 heterocycles. The van der Waals surface area contributed by atoms with Gasteiger partial charge in [-0.05, 0) is 37.7 Å². The smallest absolute Gasteiger partial charge is 0.289 e. The maximum absolute atomic E-state index is 12.9. The van der Waals surface area contributed by atoms with Crippen LogP contribution in [0.4, 0.5) is 0 Å². The molecule has 1 aromatic heterocycles. The minimum Gasteiger partial charge on any atom is -0.451 e. The topological polar surface area (TPSA) is 51.9 Å². The van der Waals surface area contributed by atoms with Gasteiger partial charge in [-0.1, -0.05) is 18.2 Å². The molecule has 5 nitrogen and oxygen atoms in total. The number of para-hydroxylation sites is 1. The maximum Gasteiger partial charge on any atom is 0.289 e. The number of furan rings is 1. The van der Waals surface area contributed by atoms with Gasteiger partial charge in [-0.2, -0.15) is 0 Å². The van der Waals surface area contributed by atoms with E-state index in [1.165, 1.54) is 0 Å². The second-order valence-electron chi connectivity index (χ2n) is 7.44. The summed E-state index contributed by atoms with van der Waals surface area (Å²) in [6.45, 7) is 4.93. The third-order valence-corrected chi connectivity index (χ3v) is 5.79. The van der Waals surface area contributed by atoms with Crippen molar-refractivity contribution >= 4 is 16.9 Å². The summed E-state index contributed by atoms with van der Waals surface area (Å²) in [4.78, 5) is 14.9. The molecule has 1 atom stereocenters. The summed E-state index contributed by atoms with van der Waals surface area (Å²) in [7, 11) is 1.71. The molecule has 1 spiro atoms. The molecule has 25 heavy (non-hydrogen) atoms. The molecule has 0 aliphatic carbocycles. The summed E-state index contributed by atoms with van der Waals surface area (Å²) in [5, 5.41) is 1.02. The highest BCUT2D eigenvalue weighted by molar-refractivity contribution is 5.98. The molecular formula is C20H25NO4. The highest BCUT2D eigenvalue weighted by atomic mass is 16.5. The third kappa shape index (κ3) is 2.96. The Morgan fingerprint density at radius 2 is 2.08 bits per heavy atom. The Labute approximate surface area is 147 Å². The standard InChI is InChI=1S/C20H25NO4/c1-14-16-5-3-4-6-17(16)25-18(14)19(22)21-9-7-20(8-10-21)11-15(12-23-2)24-13-20/h3-6,15H,7-13H2,1-2H3. The van der Waals surface area contributed by atoms with Gasteiger partial charge in [0.2, 0.25) is 0 Å². The summed E-state index contributed by atoms with van der Waals surface area (Å²) in [5.74, 6) is 0.494.